The van der Waals surface area contributed by atoms with Crippen molar-refractivity contribution in [3.8, 4) is 28.7 Å². The van der Waals surface area contributed by atoms with Gasteiger partial charge in [0.25, 0.3) is 0 Å². The lowest BCUT2D eigenvalue weighted by atomic mass is 9.87. The first-order valence-electron chi connectivity index (χ1n) is 13.6. The summed E-state index contributed by atoms with van der Waals surface area (Å²) in [4.78, 5) is 15.4. The van der Waals surface area contributed by atoms with Gasteiger partial charge in [0.2, 0.25) is 11.7 Å². The van der Waals surface area contributed by atoms with Crippen LogP contribution in [0.4, 0.5) is 0 Å². The molecular weight excluding hydrogens is 484 g/mol. The molecule has 1 heterocycles. The number of ether oxygens (including phenoxy) is 5. The number of amides is 1. The highest BCUT2D eigenvalue weighted by Gasteiger charge is 2.34. The van der Waals surface area contributed by atoms with Crippen molar-refractivity contribution in [3.63, 3.8) is 0 Å². The topological polar surface area (TPSA) is 78.5 Å². The van der Waals surface area contributed by atoms with Crippen molar-refractivity contribution in [2.24, 2.45) is 5.92 Å². The number of hydrogen-bond donors (Lipinski definition) is 1. The first-order chi connectivity index (χ1) is 18.5. The molecule has 1 aliphatic heterocycles. The Labute approximate surface area is 226 Å². The van der Waals surface area contributed by atoms with E-state index in [1.165, 1.54) is 32.1 Å². The average Bonchev–Trinajstić information content (AvgIpc) is 2.96. The van der Waals surface area contributed by atoms with E-state index < -0.39 is 0 Å². The summed E-state index contributed by atoms with van der Waals surface area (Å²) in [5, 5.41) is 3.22. The fourth-order valence-electron chi connectivity index (χ4n) is 5.95. The Morgan fingerprint density at radius 1 is 0.868 bits per heavy atom. The summed E-state index contributed by atoms with van der Waals surface area (Å²) in [5.41, 5.74) is 3.26. The van der Waals surface area contributed by atoms with Crippen molar-refractivity contribution in [3.05, 3.63) is 41.0 Å². The van der Waals surface area contributed by atoms with Crippen LogP contribution >= 0.6 is 0 Å². The highest BCUT2D eigenvalue weighted by Crippen LogP contribution is 2.47. The van der Waals surface area contributed by atoms with Gasteiger partial charge in [0.1, 0.15) is 0 Å². The first-order valence-corrected chi connectivity index (χ1v) is 13.6. The van der Waals surface area contributed by atoms with Crippen LogP contribution in [0.15, 0.2) is 24.3 Å². The van der Waals surface area contributed by atoms with Gasteiger partial charge in [-0.1, -0.05) is 25.3 Å². The lowest BCUT2D eigenvalue weighted by molar-refractivity contribution is -0.123. The lowest BCUT2D eigenvalue weighted by Gasteiger charge is -2.38. The van der Waals surface area contributed by atoms with Gasteiger partial charge in [0.05, 0.1) is 42.1 Å². The number of carbonyl (C=O) groups excluding carboxylic acids is 1. The number of hydrogen-bond acceptors (Lipinski definition) is 7. The zero-order valence-corrected chi connectivity index (χ0v) is 23.4. The Balaban J connectivity index is 1.64. The van der Waals surface area contributed by atoms with Crippen molar-refractivity contribution < 1.29 is 28.5 Å². The first kappa shape index (κ1) is 27.9. The Kier molecular flexibility index (Phi) is 9.61. The fourth-order valence-corrected chi connectivity index (χ4v) is 5.95. The predicted molar refractivity (Wildman–Crippen MR) is 147 cm³/mol. The van der Waals surface area contributed by atoms with E-state index in [0.717, 1.165) is 36.2 Å². The van der Waals surface area contributed by atoms with Crippen LogP contribution in [0.3, 0.4) is 0 Å². The Bertz CT molecular complexity index is 1100. The number of nitrogens with zero attached hydrogens (tertiary/aromatic N) is 1. The molecule has 38 heavy (non-hydrogen) atoms. The molecule has 0 spiro atoms. The summed E-state index contributed by atoms with van der Waals surface area (Å²) in [6.45, 7) is 1.83. The van der Waals surface area contributed by atoms with E-state index in [2.05, 4.69) is 16.3 Å². The van der Waals surface area contributed by atoms with Crippen LogP contribution in [0.5, 0.6) is 28.7 Å². The van der Waals surface area contributed by atoms with Gasteiger partial charge in [-0.15, -0.1) is 0 Å². The van der Waals surface area contributed by atoms with Crippen molar-refractivity contribution >= 4 is 5.91 Å². The van der Waals surface area contributed by atoms with E-state index in [0.29, 0.717) is 47.6 Å². The highest BCUT2D eigenvalue weighted by molar-refractivity contribution is 5.78. The van der Waals surface area contributed by atoms with Crippen LogP contribution in [0.1, 0.15) is 54.8 Å². The third-order valence-corrected chi connectivity index (χ3v) is 7.95. The van der Waals surface area contributed by atoms with Crippen LogP contribution < -0.4 is 29.0 Å². The quantitative estimate of drug-likeness (QED) is 0.460. The van der Waals surface area contributed by atoms with Crippen molar-refractivity contribution in [1.82, 2.24) is 10.2 Å². The van der Waals surface area contributed by atoms with Gasteiger partial charge in [0, 0.05) is 24.7 Å². The minimum Gasteiger partial charge on any atom is -0.493 e. The zero-order valence-electron chi connectivity index (χ0n) is 23.4. The SMILES string of the molecule is COc1ccc(CC2c3cc(OC)c(OC)c(OC)c3CCN2CC(=O)NCC2CCCCC2)cc1OC. The summed E-state index contributed by atoms with van der Waals surface area (Å²) in [6.07, 6.45) is 7.70. The number of fused-ring (bicyclic) bond motifs is 1. The number of carbonyl (C=O) groups is 1. The molecule has 1 saturated carbocycles. The maximum atomic E-state index is 13.1. The summed E-state index contributed by atoms with van der Waals surface area (Å²) >= 11 is 0. The van der Waals surface area contributed by atoms with Gasteiger partial charge in [-0.3, -0.25) is 9.69 Å². The molecule has 8 nitrogen and oxygen atoms in total. The second-order valence-corrected chi connectivity index (χ2v) is 10.2. The van der Waals surface area contributed by atoms with Gasteiger partial charge in [-0.2, -0.15) is 0 Å². The zero-order chi connectivity index (χ0) is 27.1. The van der Waals surface area contributed by atoms with E-state index in [1.807, 2.05) is 18.2 Å². The second-order valence-electron chi connectivity index (χ2n) is 10.2. The normalized spacial score (nSPS) is 17.9. The van der Waals surface area contributed by atoms with Crippen molar-refractivity contribution in [2.75, 3.05) is 55.2 Å². The molecule has 2 aliphatic rings. The van der Waals surface area contributed by atoms with Gasteiger partial charge in [-0.05, 0) is 60.9 Å². The molecule has 1 atom stereocenters. The van der Waals surface area contributed by atoms with Gasteiger partial charge < -0.3 is 29.0 Å². The molecule has 208 valence electrons. The summed E-state index contributed by atoms with van der Waals surface area (Å²) in [6, 6.07) is 7.95. The summed E-state index contributed by atoms with van der Waals surface area (Å²) < 4.78 is 28.2. The van der Waals surface area contributed by atoms with Gasteiger partial charge in [-0.25, -0.2) is 0 Å². The summed E-state index contributed by atoms with van der Waals surface area (Å²) in [7, 11) is 8.19. The molecule has 4 rings (SSSR count). The minimum absolute atomic E-state index is 0.0639. The maximum absolute atomic E-state index is 13.1. The Morgan fingerprint density at radius 2 is 1.58 bits per heavy atom. The molecule has 1 N–H and O–H groups in total. The third-order valence-electron chi connectivity index (χ3n) is 7.95. The monoisotopic (exact) mass is 526 g/mol. The molecule has 1 unspecified atom stereocenters. The smallest absolute Gasteiger partial charge is 0.234 e. The van der Waals surface area contributed by atoms with E-state index >= 15 is 0 Å². The van der Waals surface area contributed by atoms with E-state index in [4.69, 9.17) is 23.7 Å². The molecule has 8 heteroatoms. The van der Waals surface area contributed by atoms with Crippen LogP contribution in [0.2, 0.25) is 0 Å². The number of rotatable bonds is 11. The lowest BCUT2D eigenvalue weighted by Crippen LogP contribution is -2.44. The number of methoxy groups -OCH3 is 5. The van der Waals surface area contributed by atoms with Crippen molar-refractivity contribution in [2.45, 2.75) is 51.0 Å². The summed E-state index contributed by atoms with van der Waals surface area (Å²) in [5.74, 6) is 3.94. The molecule has 0 saturated heterocycles. The van der Waals surface area contributed by atoms with E-state index in [-0.39, 0.29) is 11.9 Å². The molecule has 2 aromatic rings. The molecule has 1 amide bonds. The molecule has 2 aromatic carbocycles. The van der Waals surface area contributed by atoms with Gasteiger partial charge in [0.15, 0.2) is 23.0 Å². The molecule has 0 aromatic heterocycles. The van der Waals surface area contributed by atoms with Crippen LogP contribution in [-0.4, -0.2) is 66.0 Å². The Morgan fingerprint density at radius 3 is 2.24 bits per heavy atom. The predicted octanol–water partition coefficient (Wildman–Crippen LogP) is 4.57. The second kappa shape index (κ2) is 13.1. The largest absolute Gasteiger partial charge is 0.493 e. The number of benzene rings is 2. The molecule has 1 aliphatic carbocycles. The molecular formula is C30H42N2O6. The van der Waals surface area contributed by atoms with Crippen LogP contribution in [-0.2, 0) is 17.6 Å². The minimum atomic E-state index is -0.0639. The molecule has 0 bridgehead atoms. The Hall–Kier alpha value is -3.13. The van der Waals surface area contributed by atoms with Crippen LogP contribution in [0, 0.1) is 5.92 Å². The molecule has 0 radical (unpaired) electrons. The van der Waals surface area contributed by atoms with E-state index in [1.54, 1.807) is 35.5 Å². The van der Waals surface area contributed by atoms with Gasteiger partial charge >= 0.3 is 0 Å². The maximum Gasteiger partial charge on any atom is 0.234 e. The fraction of sp³-hybridized carbons (Fsp3) is 0.567. The van der Waals surface area contributed by atoms with Crippen LogP contribution in [0.25, 0.3) is 0 Å². The number of nitrogens with one attached hydrogen (secondary N) is 1. The highest BCUT2D eigenvalue weighted by atomic mass is 16.5. The average molecular weight is 527 g/mol. The van der Waals surface area contributed by atoms with E-state index in [9.17, 15) is 4.79 Å². The third kappa shape index (κ3) is 6.12. The van der Waals surface area contributed by atoms with Crippen molar-refractivity contribution in [1.29, 1.82) is 0 Å². The standard InChI is InChI=1S/C30H42N2O6/c1-34-25-12-11-21(16-26(25)35-2)15-24-23-17-27(36-3)30(38-5)29(37-4)22(23)13-14-32(24)19-28(33)31-18-20-9-7-6-8-10-20/h11-12,16-17,20,24H,6-10,13-15,18-19H2,1-5H3,(H,31,33). The molecule has 1 fully saturated rings.